The average molecular weight is 378 g/mol. The van der Waals surface area contributed by atoms with E-state index in [2.05, 4.69) is 10.6 Å². The summed E-state index contributed by atoms with van der Waals surface area (Å²) in [6.45, 7) is 2.36. The molecule has 0 bridgehead atoms. The molecule has 25 heavy (non-hydrogen) atoms. The first-order valence-corrected chi connectivity index (χ1v) is 9.36. The lowest BCUT2D eigenvalue weighted by atomic mass is 9.95. The van der Waals surface area contributed by atoms with Crippen molar-refractivity contribution in [3.05, 3.63) is 51.2 Å². The number of halogens is 1. The van der Waals surface area contributed by atoms with E-state index in [9.17, 15) is 9.59 Å². The van der Waals surface area contributed by atoms with Gasteiger partial charge in [-0.2, -0.15) is 0 Å². The predicted molar refractivity (Wildman–Crippen MR) is 101 cm³/mol. The van der Waals surface area contributed by atoms with Crippen LogP contribution in [0.15, 0.2) is 35.7 Å². The van der Waals surface area contributed by atoms with Gasteiger partial charge in [-0.05, 0) is 55.3 Å². The molecule has 132 valence electrons. The molecule has 1 saturated carbocycles. The predicted octanol–water partition coefficient (Wildman–Crippen LogP) is 3.51. The van der Waals surface area contributed by atoms with E-state index >= 15 is 0 Å². The first kappa shape index (κ1) is 17.9. The van der Waals surface area contributed by atoms with Gasteiger partial charge in [0.15, 0.2) is 0 Å². The number of nitrogens with two attached hydrogens (primary N) is 1. The van der Waals surface area contributed by atoms with Crippen LogP contribution in [0.25, 0.3) is 0 Å². The summed E-state index contributed by atoms with van der Waals surface area (Å²) in [5, 5.41) is 7.99. The van der Waals surface area contributed by atoms with Crippen molar-refractivity contribution in [1.82, 2.24) is 5.32 Å². The lowest BCUT2D eigenvalue weighted by Crippen LogP contribution is -2.53. The van der Waals surface area contributed by atoms with Gasteiger partial charge in [0.25, 0.3) is 11.8 Å². The van der Waals surface area contributed by atoms with Crippen LogP contribution >= 0.6 is 22.9 Å². The number of rotatable bonds is 6. The Morgan fingerprint density at radius 2 is 2.08 bits per heavy atom. The van der Waals surface area contributed by atoms with Gasteiger partial charge in [-0.3, -0.25) is 9.59 Å². The first-order chi connectivity index (χ1) is 11.9. The second-order valence-corrected chi connectivity index (χ2v) is 7.83. The van der Waals surface area contributed by atoms with Gasteiger partial charge < -0.3 is 16.4 Å². The molecule has 2 amide bonds. The smallest absolute Gasteiger partial charge is 0.265 e. The van der Waals surface area contributed by atoms with E-state index in [1.165, 1.54) is 11.3 Å². The Morgan fingerprint density at radius 1 is 1.32 bits per heavy atom. The minimum Gasteiger partial charge on any atom is -0.345 e. The van der Waals surface area contributed by atoms with Crippen LogP contribution in [0.5, 0.6) is 0 Å². The number of nitrogens with one attached hydrogen (secondary N) is 2. The van der Waals surface area contributed by atoms with Crippen molar-refractivity contribution in [3.63, 3.8) is 0 Å². The summed E-state index contributed by atoms with van der Waals surface area (Å²) in [4.78, 5) is 25.4. The summed E-state index contributed by atoms with van der Waals surface area (Å²) >= 11 is 7.50. The third kappa shape index (κ3) is 4.03. The van der Waals surface area contributed by atoms with Crippen LogP contribution in [0.4, 0.5) is 5.69 Å². The summed E-state index contributed by atoms with van der Waals surface area (Å²) in [6, 6.07) is 8.37. The van der Waals surface area contributed by atoms with Crippen molar-refractivity contribution in [2.24, 2.45) is 11.7 Å². The van der Waals surface area contributed by atoms with Crippen molar-refractivity contribution in [2.45, 2.75) is 25.3 Å². The minimum atomic E-state index is -0.406. The Kier molecular flexibility index (Phi) is 5.13. The highest BCUT2D eigenvalue weighted by Gasteiger charge is 2.41. The molecule has 1 heterocycles. The summed E-state index contributed by atoms with van der Waals surface area (Å²) in [7, 11) is 0. The van der Waals surface area contributed by atoms with E-state index in [4.69, 9.17) is 17.3 Å². The third-order valence-corrected chi connectivity index (χ3v) is 5.72. The van der Waals surface area contributed by atoms with Crippen LogP contribution in [0.3, 0.4) is 0 Å². The van der Waals surface area contributed by atoms with Gasteiger partial charge in [-0.25, -0.2) is 0 Å². The molecular formula is C18H20ClN3O2S. The van der Waals surface area contributed by atoms with E-state index in [0.717, 1.165) is 12.8 Å². The third-order valence-electron chi connectivity index (χ3n) is 4.52. The molecule has 5 nitrogen and oxygen atoms in total. The number of hydrogen-bond acceptors (Lipinski definition) is 4. The molecule has 7 heteroatoms. The van der Waals surface area contributed by atoms with Crippen molar-refractivity contribution < 1.29 is 9.59 Å². The van der Waals surface area contributed by atoms with Gasteiger partial charge in [-0.15, -0.1) is 11.3 Å². The number of thiophene rings is 1. The highest BCUT2D eigenvalue weighted by Crippen LogP contribution is 2.39. The van der Waals surface area contributed by atoms with Gasteiger partial charge in [0, 0.05) is 12.1 Å². The molecule has 0 spiro atoms. The number of amides is 2. The van der Waals surface area contributed by atoms with E-state index in [-0.39, 0.29) is 11.8 Å². The van der Waals surface area contributed by atoms with Gasteiger partial charge in [0.1, 0.15) is 0 Å². The zero-order chi connectivity index (χ0) is 18.0. The molecule has 0 aliphatic heterocycles. The lowest BCUT2D eigenvalue weighted by Gasteiger charge is -2.29. The molecule has 1 aliphatic carbocycles. The van der Waals surface area contributed by atoms with Crippen LogP contribution in [0, 0.1) is 5.92 Å². The molecule has 3 rings (SSSR count). The fourth-order valence-corrected chi connectivity index (χ4v) is 3.51. The van der Waals surface area contributed by atoms with Crippen LogP contribution in [-0.4, -0.2) is 23.9 Å². The highest BCUT2D eigenvalue weighted by atomic mass is 35.5. The maximum Gasteiger partial charge on any atom is 0.265 e. The first-order valence-electron chi connectivity index (χ1n) is 8.10. The number of benzene rings is 1. The number of anilines is 1. The normalized spacial score (nSPS) is 16.1. The second-order valence-electron chi connectivity index (χ2n) is 6.48. The van der Waals surface area contributed by atoms with E-state index < -0.39 is 5.54 Å². The van der Waals surface area contributed by atoms with Crippen LogP contribution in [-0.2, 0) is 0 Å². The van der Waals surface area contributed by atoms with Crippen molar-refractivity contribution in [2.75, 3.05) is 11.9 Å². The summed E-state index contributed by atoms with van der Waals surface area (Å²) in [5.74, 6) is -0.0471. The Labute approximate surface area is 155 Å². The quantitative estimate of drug-likeness (QED) is 0.720. The monoisotopic (exact) mass is 377 g/mol. The Balaban J connectivity index is 1.76. The Morgan fingerprint density at radius 3 is 2.68 bits per heavy atom. The fraction of sp³-hybridized carbons (Fsp3) is 0.333. The van der Waals surface area contributed by atoms with Crippen molar-refractivity contribution in [1.29, 1.82) is 0 Å². The lowest BCUT2D eigenvalue weighted by molar-refractivity contribution is 0.0897. The average Bonchev–Trinajstić information content (AvgIpc) is 3.32. The molecule has 1 atom stereocenters. The van der Waals surface area contributed by atoms with Crippen LogP contribution in [0.2, 0.25) is 5.02 Å². The molecule has 1 unspecified atom stereocenters. The van der Waals surface area contributed by atoms with E-state index in [0.29, 0.717) is 33.6 Å². The zero-order valence-electron chi connectivity index (χ0n) is 13.8. The molecule has 1 aromatic heterocycles. The molecule has 0 saturated heterocycles. The van der Waals surface area contributed by atoms with E-state index in [1.807, 2.05) is 12.3 Å². The summed E-state index contributed by atoms with van der Waals surface area (Å²) in [5.41, 5.74) is 6.30. The molecule has 1 aliphatic rings. The number of carbonyl (C=O) groups excluding carboxylic acids is 2. The minimum absolute atomic E-state index is 0.219. The number of carbonyl (C=O) groups is 2. The molecule has 0 radical (unpaired) electrons. The Bertz CT molecular complexity index is 790. The van der Waals surface area contributed by atoms with Gasteiger partial charge in [0.2, 0.25) is 0 Å². The largest absolute Gasteiger partial charge is 0.345 e. The topological polar surface area (TPSA) is 84.2 Å². The van der Waals surface area contributed by atoms with Crippen LogP contribution in [0.1, 0.15) is 39.8 Å². The number of hydrogen-bond donors (Lipinski definition) is 3. The maximum atomic E-state index is 12.6. The molecule has 1 aromatic carbocycles. The SMILES string of the molecule is CC(CN)(NC(=O)c1ccc(Cl)c(NC(=O)c2cccs2)c1)C1CC1. The van der Waals surface area contributed by atoms with Crippen LogP contribution < -0.4 is 16.4 Å². The van der Waals surface area contributed by atoms with Crippen molar-refractivity contribution >= 4 is 40.4 Å². The van der Waals surface area contributed by atoms with Gasteiger partial charge >= 0.3 is 0 Å². The van der Waals surface area contributed by atoms with Gasteiger partial charge in [0.05, 0.1) is 21.1 Å². The standard InChI is InChI=1S/C18H20ClN3O2S/c1-18(10-20,12-5-6-12)22-16(23)11-4-7-13(19)14(9-11)21-17(24)15-3-2-8-25-15/h2-4,7-9,12H,5-6,10,20H2,1H3,(H,21,24)(H,22,23). The molecule has 2 aromatic rings. The Hall–Kier alpha value is -1.89. The molecule has 1 fully saturated rings. The van der Waals surface area contributed by atoms with Gasteiger partial charge in [-0.1, -0.05) is 17.7 Å². The molecular weight excluding hydrogens is 358 g/mol. The second kappa shape index (κ2) is 7.15. The highest BCUT2D eigenvalue weighted by molar-refractivity contribution is 7.12. The summed E-state index contributed by atoms with van der Waals surface area (Å²) < 4.78 is 0. The summed E-state index contributed by atoms with van der Waals surface area (Å²) in [6.07, 6.45) is 2.16. The van der Waals surface area contributed by atoms with Crippen molar-refractivity contribution in [3.8, 4) is 0 Å². The maximum absolute atomic E-state index is 12.6. The molecule has 4 N–H and O–H groups in total. The zero-order valence-corrected chi connectivity index (χ0v) is 15.4. The fourth-order valence-electron chi connectivity index (χ4n) is 2.73. The van der Waals surface area contributed by atoms with E-state index in [1.54, 1.807) is 30.3 Å².